The van der Waals surface area contributed by atoms with Crippen molar-refractivity contribution in [2.24, 2.45) is 0 Å². The van der Waals surface area contributed by atoms with Gasteiger partial charge in [0.05, 0.1) is 18.9 Å². The van der Waals surface area contributed by atoms with Gasteiger partial charge in [0, 0.05) is 24.8 Å². The van der Waals surface area contributed by atoms with Crippen LogP contribution < -0.4 is 0 Å². The number of furan rings is 1. The highest BCUT2D eigenvalue weighted by molar-refractivity contribution is 5.97. The molecule has 1 aliphatic heterocycles. The van der Waals surface area contributed by atoms with Crippen molar-refractivity contribution in [3.8, 4) is 11.1 Å². The van der Waals surface area contributed by atoms with Gasteiger partial charge >= 0.3 is 0 Å². The lowest BCUT2D eigenvalue weighted by molar-refractivity contribution is -0.134. The van der Waals surface area contributed by atoms with Gasteiger partial charge in [0.1, 0.15) is 12.3 Å². The van der Waals surface area contributed by atoms with Crippen LogP contribution in [0.25, 0.3) is 11.1 Å². The molecule has 6 heteroatoms. The van der Waals surface area contributed by atoms with Gasteiger partial charge in [0.25, 0.3) is 5.91 Å². The fourth-order valence-corrected chi connectivity index (χ4v) is 4.22. The molecule has 2 heterocycles. The summed E-state index contributed by atoms with van der Waals surface area (Å²) in [6.07, 6.45) is 3.56. The van der Waals surface area contributed by atoms with Crippen LogP contribution in [0.5, 0.6) is 0 Å². The van der Waals surface area contributed by atoms with Gasteiger partial charge in [0.2, 0.25) is 5.91 Å². The molecule has 34 heavy (non-hydrogen) atoms. The van der Waals surface area contributed by atoms with Crippen LogP contribution in [0.4, 0.5) is 0 Å². The van der Waals surface area contributed by atoms with Crippen molar-refractivity contribution in [2.45, 2.75) is 45.4 Å². The molecule has 1 aromatic heterocycles. The molecule has 1 aliphatic rings. The molecule has 0 spiro atoms. The summed E-state index contributed by atoms with van der Waals surface area (Å²) in [7, 11) is 0. The largest absolute Gasteiger partial charge is 0.467 e. The van der Waals surface area contributed by atoms with Crippen molar-refractivity contribution in [1.29, 1.82) is 0 Å². The van der Waals surface area contributed by atoms with E-state index in [0.717, 1.165) is 30.6 Å². The van der Waals surface area contributed by atoms with Gasteiger partial charge in [-0.3, -0.25) is 9.59 Å². The topological polar surface area (TPSA) is 63.0 Å². The smallest absolute Gasteiger partial charge is 0.254 e. The molecule has 3 aromatic rings. The molecule has 1 fully saturated rings. The third-order valence-electron chi connectivity index (χ3n) is 6.16. The maximum Gasteiger partial charge on any atom is 0.254 e. The van der Waals surface area contributed by atoms with Crippen molar-refractivity contribution in [2.75, 3.05) is 19.7 Å². The van der Waals surface area contributed by atoms with Crippen molar-refractivity contribution in [3.63, 3.8) is 0 Å². The van der Waals surface area contributed by atoms with Gasteiger partial charge in [-0.05, 0) is 62.1 Å². The molecule has 178 valence electrons. The minimum atomic E-state index is -0.155. The van der Waals surface area contributed by atoms with E-state index in [1.54, 1.807) is 16.1 Å². The Morgan fingerprint density at radius 1 is 0.971 bits per heavy atom. The van der Waals surface area contributed by atoms with Gasteiger partial charge < -0.3 is 19.0 Å². The summed E-state index contributed by atoms with van der Waals surface area (Å²) in [5, 5.41) is 0. The van der Waals surface area contributed by atoms with Gasteiger partial charge in [-0.15, -0.1) is 0 Å². The van der Waals surface area contributed by atoms with Crippen molar-refractivity contribution in [3.05, 3.63) is 84.3 Å². The molecule has 0 bridgehead atoms. The number of benzene rings is 2. The molecule has 6 nitrogen and oxygen atoms in total. The Kier molecular flexibility index (Phi) is 7.80. The summed E-state index contributed by atoms with van der Waals surface area (Å²) >= 11 is 0. The first kappa shape index (κ1) is 23.8. The second-order valence-electron chi connectivity index (χ2n) is 8.96. The van der Waals surface area contributed by atoms with E-state index in [4.69, 9.17) is 9.15 Å². The number of ether oxygens (including phenoxy) is 1. The summed E-state index contributed by atoms with van der Waals surface area (Å²) in [5.74, 6) is 0.443. The molecule has 1 saturated heterocycles. The van der Waals surface area contributed by atoms with Crippen LogP contribution in [0.3, 0.4) is 0 Å². The lowest BCUT2D eigenvalue weighted by Gasteiger charge is -2.31. The fraction of sp³-hybridized carbons (Fsp3) is 0.357. The van der Waals surface area contributed by atoms with Crippen LogP contribution in [0, 0.1) is 0 Å². The van der Waals surface area contributed by atoms with E-state index in [1.807, 2.05) is 80.6 Å². The average molecular weight is 461 g/mol. The fourth-order valence-electron chi connectivity index (χ4n) is 4.22. The van der Waals surface area contributed by atoms with Crippen LogP contribution in [0.15, 0.2) is 77.4 Å². The lowest BCUT2D eigenvalue weighted by Crippen LogP contribution is -2.47. The highest BCUT2D eigenvalue weighted by atomic mass is 16.5. The van der Waals surface area contributed by atoms with E-state index in [0.29, 0.717) is 24.4 Å². The number of nitrogens with zero attached hydrogens (tertiary/aromatic N) is 2. The Morgan fingerprint density at radius 3 is 2.32 bits per heavy atom. The molecule has 0 radical (unpaired) electrons. The third-order valence-corrected chi connectivity index (χ3v) is 6.16. The van der Waals surface area contributed by atoms with E-state index >= 15 is 0 Å². The van der Waals surface area contributed by atoms with Crippen LogP contribution in [-0.4, -0.2) is 53.5 Å². The Labute approximate surface area is 201 Å². The van der Waals surface area contributed by atoms with Gasteiger partial charge in [-0.1, -0.05) is 42.5 Å². The van der Waals surface area contributed by atoms with E-state index in [1.165, 1.54) is 0 Å². The van der Waals surface area contributed by atoms with Crippen LogP contribution >= 0.6 is 0 Å². The Hall–Kier alpha value is -3.38. The summed E-state index contributed by atoms with van der Waals surface area (Å²) < 4.78 is 11.2. The van der Waals surface area contributed by atoms with Crippen LogP contribution in [-0.2, 0) is 16.1 Å². The van der Waals surface area contributed by atoms with Gasteiger partial charge in [0.15, 0.2) is 0 Å². The molecule has 4 rings (SSSR count). The van der Waals surface area contributed by atoms with E-state index in [-0.39, 0.29) is 30.5 Å². The lowest BCUT2D eigenvalue weighted by atomic mass is 10.0. The second kappa shape index (κ2) is 11.2. The summed E-state index contributed by atoms with van der Waals surface area (Å²) in [4.78, 5) is 30.1. The number of hydrogen-bond acceptors (Lipinski definition) is 4. The summed E-state index contributed by atoms with van der Waals surface area (Å²) in [6, 6.07) is 21.1. The highest BCUT2D eigenvalue weighted by Gasteiger charge is 2.28. The van der Waals surface area contributed by atoms with Crippen molar-refractivity contribution >= 4 is 11.8 Å². The number of carbonyl (C=O) groups excluding carboxylic acids is 2. The summed E-state index contributed by atoms with van der Waals surface area (Å²) in [5.41, 5.74) is 2.71. The number of rotatable bonds is 9. The molecule has 1 atom stereocenters. The Balaban J connectivity index is 1.47. The van der Waals surface area contributed by atoms with Crippen LogP contribution in [0.2, 0.25) is 0 Å². The minimum Gasteiger partial charge on any atom is -0.467 e. The predicted molar refractivity (Wildman–Crippen MR) is 131 cm³/mol. The summed E-state index contributed by atoms with van der Waals surface area (Å²) in [6.45, 7) is 5.44. The number of carbonyl (C=O) groups is 2. The zero-order valence-electron chi connectivity index (χ0n) is 19.9. The quantitative estimate of drug-likeness (QED) is 0.451. The maximum absolute atomic E-state index is 13.4. The van der Waals surface area contributed by atoms with Gasteiger partial charge in [-0.2, -0.15) is 0 Å². The van der Waals surface area contributed by atoms with Crippen molar-refractivity contribution < 1.29 is 18.7 Å². The van der Waals surface area contributed by atoms with Crippen molar-refractivity contribution in [1.82, 2.24) is 9.80 Å². The first-order chi connectivity index (χ1) is 16.5. The van der Waals surface area contributed by atoms with E-state index < -0.39 is 0 Å². The second-order valence-corrected chi connectivity index (χ2v) is 8.96. The third kappa shape index (κ3) is 5.94. The molecule has 2 aromatic carbocycles. The van der Waals surface area contributed by atoms with Gasteiger partial charge in [-0.25, -0.2) is 0 Å². The van der Waals surface area contributed by atoms with E-state index in [2.05, 4.69) is 0 Å². The average Bonchev–Trinajstić information content (AvgIpc) is 3.57. The van der Waals surface area contributed by atoms with E-state index in [9.17, 15) is 9.59 Å². The minimum absolute atomic E-state index is 0.00433. The Bertz CT molecular complexity index is 1060. The normalized spacial score (nSPS) is 15.4. The molecule has 0 aliphatic carbocycles. The molecule has 1 unspecified atom stereocenters. The molecular formula is C28H32N2O4. The first-order valence-corrected chi connectivity index (χ1v) is 11.9. The maximum atomic E-state index is 13.4. The van der Waals surface area contributed by atoms with Crippen LogP contribution in [0.1, 0.15) is 42.8 Å². The molecule has 0 saturated carbocycles. The zero-order chi connectivity index (χ0) is 23.9. The zero-order valence-corrected chi connectivity index (χ0v) is 19.9. The molecule has 0 N–H and O–H groups in total. The predicted octanol–water partition coefficient (Wildman–Crippen LogP) is 5.01. The number of hydrogen-bond donors (Lipinski definition) is 0. The molecular weight excluding hydrogens is 428 g/mol. The Morgan fingerprint density at radius 2 is 1.71 bits per heavy atom. The highest BCUT2D eigenvalue weighted by Crippen LogP contribution is 2.21. The monoisotopic (exact) mass is 460 g/mol. The SMILES string of the molecule is CC(C)N(CC(=O)N(Cc1ccco1)CC1CCCO1)C(=O)c1ccc(-c2ccccc2)cc1. The molecule has 2 amide bonds. The standard InChI is InChI=1S/C28H32N2O4/c1-21(2)30(28(32)24-14-12-23(13-15-24)22-8-4-3-5-9-22)20-27(31)29(18-25-10-6-16-33-25)19-26-11-7-17-34-26/h3-6,8-10,12-16,21,26H,7,11,17-20H2,1-2H3. The first-order valence-electron chi connectivity index (χ1n) is 11.9. The number of amides is 2.